The van der Waals surface area contributed by atoms with Gasteiger partial charge >= 0.3 is 84.6 Å². The van der Waals surface area contributed by atoms with Gasteiger partial charge in [-0.2, -0.15) is 0 Å². The average molecular weight is 858 g/mol. The van der Waals surface area contributed by atoms with Gasteiger partial charge in [-0.3, -0.25) is 9.59 Å². The third-order valence-electron chi connectivity index (χ3n) is 11.1. The summed E-state index contributed by atoms with van der Waals surface area (Å²) in [5.74, 6) is -2.40. The van der Waals surface area contributed by atoms with Crippen LogP contribution >= 0.6 is 0 Å². The molecule has 60 heavy (non-hydrogen) atoms. The van der Waals surface area contributed by atoms with E-state index in [1.54, 1.807) is 34.1 Å². The molecular weight excluding hydrogens is 808 g/mol. The zero-order valence-corrected chi connectivity index (χ0v) is 37.9. The summed E-state index contributed by atoms with van der Waals surface area (Å²) >= 11 is 0. The molecule has 8 rings (SSSR count). The van der Waals surface area contributed by atoms with Gasteiger partial charge in [-0.05, 0) is 36.1 Å². The molecular formula is C36H50B2N6Na2O14. The van der Waals surface area contributed by atoms with Crippen LogP contribution in [-0.4, -0.2) is 167 Å². The van der Waals surface area contributed by atoms with Gasteiger partial charge in [-0.1, -0.05) is 24.8 Å². The Balaban J connectivity index is 0.000000220. The molecule has 316 valence electrons. The number of benzene rings is 2. The van der Waals surface area contributed by atoms with Crippen LogP contribution in [0.25, 0.3) is 0 Å². The third kappa shape index (κ3) is 11.9. The van der Waals surface area contributed by atoms with Gasteiger partial charge in [0.1, 0.15) is 34.8 Å². The van der Waals surface area contributed by atoms with E-state index in [4.69, 9.17) is 18.8 Å². The molecule has 2 atom stereocenters. The molecule has 6 aliphatic heterocycles. The summed E-state index contributed by atoms with van der Waals surface area (Å²) in [4.78, 5) is 51.7. The molecule has 6 heterocycles. The van der Waals surface area contributed by atoms with Crippen molar-refractivity contribution >= 4 is 37.3 Å². The van der Waals surface area contributed by atoms with Gasteiger partial charge < -0.3 is 80.2 Å². The second kappa shape index (κ2) is 20.7. The van der Waals surface area contributed by atoms with Gasteiger partial charge in [0.15, 0.2) is 0 Å². The number of carboxylic acids is 2. The van der Waals surface area contributed by atoms with Crippen LogP contribution < -0.4 is 99.2 Å². The zero-order chi connectivity index (χ0) is 41.2. The minimum atomic E-state index is -3.08. The van der Waals surface area contributed by atoms with Crippen LogP contribution in [0.15, 0.2) is 24.3 Å². The molecule has 0 aromatic heterocycles. The van der Waals surface area contributed by atoms with E-state index in [2.05, 4.69) is 21.3 Å². The number of amides is 2. The molecule has 4 saturated heterocycles. The number of rotatable bonds is 10. The van der Waals surface area contributed by atoms with Crippen molar-refractivity contribution in [2.24, 2.45) is 0 Å². The van der Waals surface area contributed by atoms with E-state index >= 15 is 0 Å². The van der Waals surface area contributed by atoms with Crippen LogP contribution in [0.2, 0.25) is 12.6 Å². The Morgan fingerprint density at radius 1 is 0.633 bits per heavy atom. The number of aromatic carboxylic acids is 2. The summed E-state index contributed by atoms with van der Waals surface area (Å²) in [6.45, 7) is 0.348. The number of nitrogens with zero attached hydrogens (tertiary/aromatic N) is 2. The standard InChI is InChI=1S/2C18H25BN3O7.2Na/c2*23-15(7-12-8-20-5-6-21-12)22-9-13(10-22)28-14-2-1-11-3-4-19(26,27)29-17(11)16(14)18(24)25;;/h2*1-2,12-13,20-21,26-27H,3-10H2,(H,24,25);;/q2*-1;2*+1. The van der Waals surface area contributed by atoms with Crippen molar-refractivity contribution in [3.8, 4) is 23.0 Å². The van der Waals surface area contributed by atoms with E-state index in [0.717, 1.165) is 39.3 Å². The fourth-order valence-corrected chi connectivity index (χ4v) is 7.85. The summed E-state index contributed by atoms with van der Waals surface area (Å²) in [6.07, 6.45) is 0.796. The largest absolute Gasteiger partial charge is 1.00 e. The zero-order valence-electron chi connectivity index (χ0n) is 33.9. The Hall–Kier alpha value is -2.67. The average Bonchev–Trinajstić information content (AvgIpc) is 3.13. The van der Waals surface area contributed by atoms with Gasteiger partial charge in [0, 0.05) is 64.2 Å². The van der Waals surface area contributed by atoms with Gasteiger partial charge in [-0.15, -0.1) is 0 Å². The molecule has 2 amide bonds. The Kier molecular flexibility index (Phi) is 16.7. The van der Waals surface area contributed by atoms with Crippen molar-refractivity contribution < 1.29 is 127 Å². The Morgan fingerprint density at radius 3 is 1.35 bits per heavy atom. The first-order valence-corrected chi connectivity index (χ1v) is 19.8. The van der Waals surface area contributed by atoms with Crippen LogP contribution in [0.5, 0.6) is 23.0 Å². The first kappa shape index (κ1) is 48.4. The molecule has 2 unspecified atom stereocenters. The van der Waals surface area contributed by atoms with E-state index in [-0.39, 0.29) is 142 Å². The Morgan fingerprint density at radius 2 is 1.02 bits per heavy atom. The minimum Gasteiger partial charge on any atom is -0.669 e. The molecule has 0 bridgehead atoms. The molecule has 0 radical (unpaired) electrons. The number of hydrogen-bond donors (Lipinski definition) is 10. The third-order valence-corrected chi connectivity index (χ3v) is 11.1. The monoisotopic (exact) mass is 858 g/mol. The maximum absolute atomic E-state index is 12.4. The second-order valence-electron chi connectivity index (χ2n) is 15.7. The van der Waals surface area contributed by atoms with Gasteiger partial charge in [0.05, 0.1) is 37.7 Å². The number of fused-ring (bicyclic) bond motifs is 2. The van der Waals surface area contributed by atoms with Crippen molar-refractivity contribution in [1.82, 2.24) is 31.1 Å². The molecule has 0 saturated carbocycles. The summed E-state index contributed by atoms with van der Waals surface area (Å²) in [7, 11) is 0. The summed E-state index contributed by atoms with van der Waals surface area (Å²) < 4.78 is 21.9. The van der Waals surface area contributed by atoms with Crippen LogP contribution in [0.4, 0.5) is 0 Å². The number of carbonyl (C=O) groups is 4. The number of carboxylic acid groups (broad SMARTS) is 2. The molecule has 20 nitrogen and oxygen atoms in total. The quantitative estimate of drug-likeness (QED) is 0.0994. The molecule has 24 heteroatoms. The predicted molar refractivity (Wildman–Crippen MR) is 206 cm³/mol. The smallest absolute Gasteiger partial charge is 0.669 e. The Bertz CT molecular complexity index is 1760. The maximum Gasteiger partial charge on any atom is 1.00 e. The van der Waals surface area contributed by atoms with Crippen LogP contribution in [0.1, 0.15) is 44.7 Å². The van der Waals surface area contributed by atoms with Crippen molar-refractivity contribution in [3.63, 3.8) is 0 Å². The van der Waals surface area contributed by atoms with E-state index in [9.17, 15) is 49.5 Å². The SMILES string of the molecule is O=C(O)c1c(OC2CN(C(=O)CC3CNCCN3)C2)ccc2c1O[B-](O)(O)CC2.O=C(O)c1c(OC2CN(C(=O)CC3CNCCN3)C2)ccc2c1O[B-](O)(O)CC2.[Na+].[Na+]. The van der Waals surface area contributed by atoms with E-state index < -0.39 is 25.4 Å². The summed E-state index contributed by atoms with van der Waals surface area (Å²) in [5.41, 5.74) is 0.737. The van der Waals surface area contributed by atoms with Crippen LogP contribution in [-0.2, 0) is 22.4 Å². The molecule has 2 aromatic rings. The molecule has 4 fully saturated rings. The molecule has 0 spiro atoms. The number of piperazine rings is 2. The predicted octanol–water partition coefficient (Wildman–Crippen LogP) is -8.42. The van der Waals surface area contributed by atoms with E-state index in [0.29, 0.717) is 63.0 Å². The van der Waals surface area contributed by atoms with Crippen LogP contribution in [0.3, 0.4) is 0 Å². The van der Waals surface area contributed by atoms with Crippen molar-refractivity contribution in [3.05, 3.63) is 46.5 Å². The fourth-order valence-electron chi connectivity index (χ4n) is 7.85. The Labute approximate surface area is 390 Å². The number of carbonyl (C=O) groups excluding carboxylic acids is 2. The molecule has 6 aliphatic rings. The first-order chi connectivity index (χ1) is 27.6. The number of hydrogen-bond acceptors (Lipinski definition) is 16. The van der Waals surface area contributed by atoms with Crippen molar-refractivity contribution in [2.45, 2.75) is 62.6 Å². The normalized spacial score (nSPS) is 22.7. The van der Waals surface area contributed by atoms with E-state index in [1.807, 2.05) is 0 Å². The summed E-state index contributed by atoms with van der Waals surface area (Å²) in [5, 5.41) is 71.5. The van der Waals surface area contributed by atoms with E-state index in [1.165, 1.54) is 0 Å². The topological polar surface area (TPSA) is 281 Å². The molecule has 2 aromatic carbocycles. The van der Waals surface area contributed by atoms with Crippen molar-refractivity contribution in [1.29, 1.82) is 0 Å². The minimum absolute atomic E-state index is 0. The van der Waals surface area contributed by atoms with Crippen molar-refractivity contribution in [2.75, 3.05) is 65.4 Å². The van der Waals surface area contributed by atoms with Gasteiger partial charge in [-0.25, -0.2) is 9.59 Å². The summed E-state index contributed by atoms with van der Waals surface area (Å²) in [6, 6.07) is 6.70. The number of aryl methyl sites for hydroxylation is 2. The van der Waals surface area contributed by atoms with Gasteiger partial charge in [0.25, 0.3) is 0 Å². The fraction of sp³-hybridized carbons (Fsp3) is 0.556. The number of ether oxygens (including phenoxy) is 2. The second-order valence-corrected chi connectivity index (χ2v) is 15.7. The maximum atomic E-state index is 12.4. The number of likely N-dealkylation sites (tertiary alicyclic amines) is 2. The molecule has 10 N–H and O–H groups in total. The first-order valence-electron chi connectivity index (χ1n) is 19.8. The molecule has 0 aliphatic carbocycles. The van der Waals surface area contributed by atoms with Gasteiger partial charge in [0.2, 0.25) is 11.8 Å². The number of nitrogens with one attached hydrogen (secondary N) is 4. The van der Waals surface area contributed by atoms with Crippen LogP contribution in [0, 0.1) is 0 Å².